The smallest absolute Gasteiger partial charge is 0.248 e. The van der Waals surface area contributed by atoms with Crippen molar-refractivity contribution in [1.82, 2.24) is 0 Å². The fourth-order valence-electron chi connectivity index (χ4n) is 2.63. The monoisotopic (exact) mass is 414 g/mol. The largest absolute Gasteiger partial charge is 0.323 e. The second-order valence-corrected chi connectivity index (χ2v) is 8.59. The summed E-state index contributed by atoms with van der Waals surface area (Å²) >= 11 is 12.1. The zero-order chi connectivity index (χ0) is 19.5. The Morgan fingerprint density at radius 1 is 1.19 bits per heavy atom. The number of amides is 1. The molecule has 2 rings (SSSR count). The lowest BCUT2D eigenvalue weighted by molar-refractivity contribution is -0.117. The third-order valence-corrected chi connectivity index (χ3v) is 5.60. The summed E-state index contributed by atoms with van der Waals surface area (Å²) in [5.41, 5.74) is 1.50. The van der Waals surface area contributed by atoms with Crippen LogP contribution >= 0.6 is 23.2 Å². The number of sulfonamides is 1. The van der Waals surface area contributed by atoms with Crippen LogP contribution in [0.1, 0.15) is 18.9 Å². The number of hydrogen-bond acceptors (Lipinski definition) is 3. The number of nitrogens with zero attached hydrogens (tertiary/aromatic N) is 1. The molecule has 26 heavy (non-hydrogen) atoms. The molecule has 2 aromatic rings. The van der Waals surface area contributed by atoms with Gasteiger partial charge in [-0.1, -0.05) is 48.3 Å². The van der Waals surface area contributed by atoms with Crippen molar-refractivity contribution in [2.75, 3.05) is 15.9 Å². The fourth-order valence-corrected chi connectivity index (χ4v) is 4.24. The van der Waals surface area contributed by atoms with Crippen molar-refractivity contribution in [2.24, 2.45) is 0 Å². The Labute approximate surface area is 164 Å². The molecule has 140 valence electrons. The Balaban J connectivity index is 2.47. The van der Waals surface area contributed by atoms with Gasteiger partial charge in [0.1, 0.15) is 6.04 Å². The van der Waals surface area contributed by atoms with Crippen LogP contribution in [0.15, 0.2) is 42.5 Å². The van der Waals surface area contributed by atoms with Crippen LogP contribution in [0.5, 0.6) is 0 Å². The van der Waals surface area contributed by atoms with Crippen LogP contribution in [0.2, 0.25) is 10.0 Å². The summed E-state index contributed by atoms with van der Waals surface area (Å²) < 4.78 is 26.1. The third-order valence-electron chi connectivity index (χ3n) is 3.87. The minimum Gasteiger partial charge on any atom is -0.323 e. The van der Waals surface area contributed by atoms with E-state index in [1.807, 2.05) is 0 Å². The third kappa shape index (κ3) is 4.69. The Bertz CT molecular complexity index is 916. The van der Waals surface area contributed by atoms with E-state index >= 15 is 0 Å². The molecular formula is C18H20Cl2N2O3S. The molecule has 0 saturated carbocycles. The van der Waals surface area contributed by atoms with E-state index in [-0.39, 0.29) is 6.42 Å². The number of halogens is 2. The minimum absolute atomic E-state index is 0.273. The summed E-state index contributed by atoms with van der Waals surface area (Å²) in [6.45, 7) is 3.51. The number of nitrogens with one attached hydrogen (secondary N) is 1. The lowest BCUT2D eigenvalue weighted by Crippen LogP contribution is -2.47. The van der Waals surface area contributed by atoms with Crippen molar-refractivity contribution >= 4 is 50.5 Å². The zero-order valence-corrected chi connectivity index (χ0v) is 17.0. The molecule has 0 aromatic heterocycles. The Morgan fingerprint density at radius 2 is 1.85 bits per heavy atom. The predicted octanol–water partition coefficient (Wildman–Crippen LogP) is 4.49. The van der Waals surface area contributed by atoms with Crippen LogP contribution in [-0.2, 0) is 14.8 Å². The first-order valence-corrected chi connectivity index (χ1v) is 10.6. The molecule has 0 spiro atoms. The maximum absolute atomic E-state index is 12.8. The van der Waals surface area contributed by atoms with Crippen LogP contribution in [0.4, 0.5) is 11.4 Å². The number of hydrogen-bond donors (Lipinski definition) is 1. The minimum atomic E-state index is -3.74. The average molecular weight is 415 g/mol. The second kappa shape index (κ2) is 8.29. The summed E-state index contributed by atoms with van der Waals surface area (Å²) in [5, 5.41) is 3.47. The fraction of sp³-hybridized carbons (Fsp3) is 0.278. The molecule has 0 fully saturated rings. The maximum atomic E-state index is 12.8. The Kier molecular flexibility index (Phi) is 6.55. The Morgan fingerprint density at radius 3 is 2.42 bits per heavy atom. The van der Waals surface area contributed by atoms with Crippen molar-refractivity contribution in [3.63, 3.8) is 0 Å². The molecule has 0 saturated heterocycles. The molecule has 2 aromatic carbocycles. The van der Waals surface area contributed by atoms with E-state index in [0.29, 0.717) is 27.0 Å². The SMILES string of the molecule is CCC(C(=O)Nc1ccccc1Cl)N(c1cc(Cl)ccc1C)S(C)(=O)=O. The molecule has 0 aliphatic heterocycles. The summed E-state index contributed by atoms with van der Waals surface area (Å²) in [4.78, 5) is 12.8. The Hall–Kier alpha value is -1.76. The molecule has 5 nitrogen and oxygen atoms in total. The van der Waals surface area contributed by atoms with Gasteiger partial charge in [-0.25, -0.2) is 8.42 Å². The standard InChI is InChI=1S/C18H20Cl2N2O3S/c1-4-16(18(23)21-15-8-6-5-7-14(15)20)22(26(3,24)25)17-11-13(19)10-9-12(17)2/h5-11,16H,4H2,1-3H3,(H,21,23). The van der Waals surface area contributed by atoms with E-state index in [9.17, 15) is 13.2 Å². The normalized spacial score (nSPS) is 12.5. The van der Waals surface area contributed by atoms with Gasteiger partial charge in [0.2, 0.25) is 15.9 Å². The van der Waals surface area contributed by atoms with Crippen molar-refractivity contribution in [1.29, 1.82) is 0 Å². The van der Waals surface area contributed by atoms with Crippen LogP contribution in [0.3, 0.4) is 0 Å². The number of carbonyl (C=O) groups is 1. The van der Waals surface area contributed by atoms with Gasteiger partial charge in [-0.2, -0.15) is 0 Å². The number of aryl methyl sites for hydroxylation is 1. The van der Waals surface area contributed by atoms with Gasteiger partial charge in [-0.05, 0) is 43.2 Å². The molecule has 0 radical (unpaired) electrons. The van der Waals surface area contributed by atoms with Crippen molar-refractivity contribution in [3.05, 3.63) is 58.1 Å². The number of anilines is 2. The molecule has 1 N–H and O–H groups in total. The van der Waals surface area contributed by atoms with Gasteiger partial charge in [0.25, 0.3) is 0 Å². The highest BCUT2D eigenvalue weighted by Gasteiger charge is 2.32. The summed E-state index contributed by atoms with van der Waals surface area (Å²) in [6, 6.07) is 10.8. The summed E-state index contributed by atoms with van der Waals surface area (Å²) in [6.07, 6.45) is 1.34. The average Bonchev–Trinajstić information content (AvgIpc) is 2.56. The van der Waals surface area contributed by atoms with E-state index < -0.39 is 22.0 Å². The first kappa shape index (κ1) is 20.6. The van der Waals surface area contributed by atoms with Crippen molar-refractivity contribution in [3.8, 4) is 0 Å². The highest BCUT2D eigenvalue weighted by atomic mass is 35.5. The topological polar surface area (TPSA) is 66.5 Å². The molecule has 0 heterocycles. The molecule has 8 heteroatoms. The van der Waals surface area contributed by atoms with Gasteiger partial charge in [-0.15, -0.1) is 0 Å². The predicted molar refractivity (Wildman–Crippen MR) is 108 cm³/mol. The van der Waals surface area contributed by atoms with Gasteiger partial charge in [-0.3, -0.25) is 9.10 Å². The molecule has 1 amide bonds. The number of carbonyl (C=O) groups excluding carboxylic acids is 1. The number of rotatable bonds is 6. The highest BCUT2D eigenvalue weighted by Crippen LogP contribution is 2.30. The highest BCUT2D eigenvalue weighted by molar-refractivity contribution is 7.92. The first-order valence-electron chi connectivity index (χ1n) is 7.96. The molecular weight excluding hydrogens is 395 g/mol. The van der Waals surface area contributed by atoms with Crippen LogP contribution in [0, 0.1) is 6.92 Å². The zero-order valence-electron chi connectivity index (χ0n) is 14.7. The van der Waals surface area contributed by atoms with E-state index in [2.05, 4.69) is 5.32 Å². The lowest BCUT2D eigenvalue weighted by atomic mass is 10.1. The molecule has 1 atom stereocenters. The van der Waals surface area contributed by atoms with Gasteiger partial charge < -0.3 is 5.32 Å². The van der Waals surface area contributed by atoms with Crippen molar-refractivity contribution < 1.29 is 13.2 Å². The summed E-state index contributed by atoms with van der Waals surface area (Å²) in [7, 11) is -3.74. The summed E-state index contributed by atoms with van der Waals surface area (Å²) in [5.74, 6) is -0.467. The molecule has 0 aliphatic rings. The van der Waals surface area contributed by atoms with Crippen LogP contribution in [-0.4, -0.2) is 26.6 Å². The van der Waals surface area contributed by atoms with Gasteiger partial charge in [0, 0.05) is 5.02 Å². The molecule has 0 bridgehead atoms. The van der Waals surface area contributed by atoms with E-state index in [1.165, 1.54) is 0 Å². The quantitative estimate of drug-likeness (QED) is 0.756. The van der Waals surface area contributed by atoms with Gasteiger partial charge in [0.15, 0.2) is 0 Å². The molecule has 1 unspecified atom stereocenters. The van der Waals surface area contributed by atoms with Gasteiger partial charge >= 0.3 is 0 Å². The van der Waals surface area contributed by atoms with E-state index in [0.717, 1.165) is 10.6 Å². The second-order valence-electron chi connectivity index (χ2n) is 5.88. The number of benzene rings is 2. The number of para-hydroxylation sites is 1. The van der Waals surface area contributed by atoms with Crippen LogP contribution < -0.4 is 9.62 Å². The molecule has 0 aliphatic carbocycles. The van der Waals surface area contributed by atoms with Crippen molar-refractivity contribution in [2.45, 2.75) is 26.3 Å². The maximum Gasteiger partial charge on any atom is 0.248 e. The van der Waals surface area contributed by atoms with E-state index in [4.69, 9.17) is 23.2 Å². The van der Waals surface area contributed by atoms with Gasteiger partial charge in [0.05, 0.1) is 22.7 Å². The first-order chi connectivity index (χ1) is 12.1. The lowest BCUT2D eigenvalue weighted by Gasteiger charge is -2.31. The van der Waals surface area contributed by atoms with Crippen LogP contribution in [0.25, 0.3) is 0 Å². The van der Waals surface area contributed by atoms with E-state index in [1.54, 1.807) is 56.3 Å².